The van der Waals surface area contributed by atoms with Crippen LogP contribution in [0, 0.1) is 0 Å². The van der Waals surface area contributed by atoms with Gasteiger partial charge < -0.3 is 30.1 Å². The predicted octanol–water partition coefficient (Wildman–Crippen LogP) is 5.14. The Hall–Kier alpha value is -4.65. The lowest BCUT2D eigenvalue weighted by atomic mass is 9.76. The summed E-state index contributed by atoms with van der Waals surface area (Å²) in [7, 11) is 7.86. The maximum absolute atomic E-state index is 13.7. The first-order valence-electron chi connectivity index (χ1n) is 16.7. The zero-order valence-electron chi connectivity index (χ0n) is 30.9. The number of hydrogen-bond donors (Lipinski definition) is 2. The fourth-order valence-corrected chi connectivity index (χ4v) is 6.76. The quantitative estimate of drug-likeness (QED) is 0.410. The average Bonchev–Trinajstić information content (AvgIpc) is 3.19. The van der Waals surface area contributed by atoms with Crippen LogP contribution >= 0.6 is 0 Å². The highest BCUT2D eigenvalue weighted by molar-refractivity contribution is 6.21. The molecule has 2 aliphatic carbocycles. The SMILES string of the molecule is CN(C)c1cccc2c1CCC(N)(C(=O)O)C2.CN(C)c1cccc2c1CCC1(C2)C(=O)N(C(=O)OC(C)(C)C)C(=O)N1C(=O)OC(C)(C)C. The molecule has 3 N–H and O–H groups in total. The highest BCUT2D eigenvalue weighted by atomic mass is 16.6. The number of nitrogens with zero attached hydrogens (tertiary/aromatic N) is 4. The first kappa shape index (κ1) is 38.2. The second-order valence-electron chi connectivity index (χ2n) is 15.7. The Morgan fingerprint density at radius 2 is 1.22 bits per heavy atom. The molecule has 0 radical (unpaired) electrons. The molecule has 272 valence electrons. The fraction of sp³-hybridized carbons (Fsp3) is 0.541. The summed E-state index contributed by atoms with van der Waals surface area (Å²) < 4.78 is 10.8. The maximum Gasteiger partial charge on any atom is 0.425 e. The molecule has 1 aliphatic heterocycles. The van der Waals surface area contributed by atoms with E-state index in [4.69, 9.17) is 20.3 Å². The molecule has 2 unspecified atom stereocenters. The van der Waals surface area contributed by atoms with Gasteiger partial charge in [0.2, 0.25) is 0 Å². The van der Waals surface area contributed by atoms with Crippen molar-refractivity contribution >= 4 is 41.5 Å². The van der Waals surface area contributed by atoms with Gasteiger partial charge in [-0.2, -0.15) is 4.90 Å². The van der Waals surface area contributed by atoms with Crippen LogP contribution in [-0.2, 0) is 44.7 Å². The summed E-state index contributed by atoms with van der Waals surface area (Å²) in [6.45, 7) is 9.92. The number of carboxylic acids is 1. The molecule has 5 rings (SSSR count). The Kier molecular flexibility index (Phi) is 10.4. The van der Waals surface area contributed by atoms with Gasteiger partial charge in [0.05, 0.1) is 0 Å². The van der Waals surface area contributed by atoms with E-state index in [-0.39, 0.29) is 12.8 Å². The topological polar surface area (TPSA) is 163 Å². The van der Waals surface area contributed by atoms with Crippen molar-refractivity contribution in [3.8, 4) is 0 Å². The molecule has 3 aliphatic rings. The molecule has 13 nitrogen and oxygen atoms in total. The number of carbonyl (C=O) groups excluding carboxylic acids is 4. The molecule has 1 saturated heterocycles. The van der Waals surface area contributed by atoms with Crippen molar-refractivity contribution < 1.29 is 38.6 Å². The normalized spacial score (nSPS) is 21.5. The summed E-state index contributed by atoms with van der Waals surface area (Å²) in [6, 6.07) is 10.7. The van der Waals surface area contributed by atoms with Crippen LogP contribution in [-0.4, -0.2) is 95.5 Å². The molecule has 1 heterocycles. The summed E-state index contributed by atoms with van der Waals surface area (Å²) in [4.78, 5) is 69.5. The van der Waals surface area contributed by atoms with Crippen molar-refractivity contribution in [2.75, 3.05) is 38.0 Å². The molecule has 2 aromatic rings. The third-order valence-corrected chi connectivity index (χ3v) is 9.05. The molecule has 0 saturated carbocycles. The first-order valence-corrected chi connectivity index (χ1v) is 16.7. The highest BCUT2D eigenvalue weighted by Crippen LogP contribution is 2.43. The van der Waals surface area contributed by atoms with Gasteiger partial charge in [0.1, 0.15) is 22.3 Å². The number of urea groups is 1. The van der Waals surface area contributed by atoms with E-state index < -0.39 is 52.4 Å². The van der Waals surface area contributed by atoms with E-state index >= 15 is 0 Å². The lowest BCUT2D eigenvalue weighted by Crippen LogP contribution is -2.56. The number of ether oxygens (including phenoxy) is 2. The average molecular weight is 694 g/mol. The van der Waals surface area contributed by atoms with Crippen molar-refractivity contribution in [1.29, 1.82) is 0 Å². The van der Waals surface area contributed by atoms with E-state index in [1.807, 2.05) is 63.4 Å². The monoisotopic (exact) mass is 693 g/mol. The Morgan fingerprint density at radius 3 is 1.68 bits per heavy atom. The number of carbonyl (C=O) groups is 5. The number of aliphatic carboxylic acids is 1. The number of fused-ring (bicyclic) bond motifs is 2. The molecular weight excluding hydrogens is 642 g/mol. The lowest BCUT2D eigenvalue weighted by Gasteiger charge is -2.39. The third kappa shape index (κ3) is 7.57. The fourth-order valence-electron chi connectivity index (χ4n) is 6.76. The van der Waals surface area contributed by atoms with E-state index in [2.05, 4.69) is 11.0 Å². The van der Waals surface area contributed by atoms with E-state index in [1.54, 1.807) is 41.5 Å². The van der Waals surface area contributed by atoms with Gasteiger partial charge in [-0.3, -0.25) is 9.59 Å². The Morgan fingerprint density at radius 1 is 0.760 bits per heavy atom. The summed E-state index contributed by atoms with van der Waals surface area (Å²) in [5.41, 5.74) is 7.80. The van der Waals surface area contributed by atoms with Gasteiger partial charge in [-0.15, -0.1) is 0 Å². The number of amides is 5. The molecule has 0 aromatic heterocycles. The van der Waals surface area contributed by atoms with E-state index in [0.717, 1.165) is 39.4 Å². The number of hydrogen-bond acceptors (Lipinski definition) is 10. The zero-order valence-corrected chi connectivity index (χ0v) is 30.9. The Balaban J connectivity index is 0.000000276. The minimum Gasteiger partial charge on any atom is -0.480 e. The minimum absolute atomic E-state index is 0.0904. The van der Waals surface area contributed by atoms with Crippen molar-refractivity contribution in [1.82, 2.24) is 9.80 Å². The van der Waals surface area contributed by atoms with Gasteiger partial charge in [-0.05, 0) is 102 Å². The summed E-state index contributed by atoms with van der Waals surface area (Å²) in [5.74, 6) is -1.67. The highest BCUT2D eigenvalue weighted by Gasteiger charge is 2.64. The van der Waals surface area contributed by atoms with Gasteiger partial charge in [-0.1, -0.05) is 24.3 Å². The van der Waals surface area contributed by atoms with Crippen LogP contribution in [0.2, 0.25) is 0 Å². The van der Waals surface area contributed by atoms with Crippen LogP contribution in [0.4, 0.5) is 25.8 Å². The first-order chi connectivity index (χ1) is 23.0. The molecule has 0 bridgehead atoms. The maximum atomic E-state index is 13.7. The summed E-state index contributed by atoms with van der Waals surface area (Å²) in [6.07, 6.45) is 0.298. The van der Waals surface area contributed by atoms with Crippen LogP contribution in [0.5, 0.6) is 0 Å². The van der Waals surface area contributed by atoms with E-state index in [9.17, 15) is 24.0 Å². The predicted molar refractivity (Wildman–Crippen MR) is 189 cm³/mol. The summed E-state index contributed by atoms with van der Waals surface area (Å²) >= 11 is 0. The molecule has 2 atom stereocenters. The second kappa shape index (κ2) is 13.6. The Bertz CT molecular complexity index is 1690. The van der Waals surface area contributed by atoms with Crippen LogP contribution in [0.3, 0.4) is 0 Å². The van der Waals surface area contributed by atoms with Gasteiger partial charge >= 0.3 is 24.2 Å². The third-order valence-electron chi connectivity index (χ3n) is 9.05. The molecule has 1 fully saturated rings. The molecule has 2 aromatic carbocycles. The van der Waals surface area contributed by atoms with Crippen molar-refractivity contribution in [2.45, 2.75) is 102 Å². The van der Waals surface area contributed by atoms with Gasteiger partial charge in [0, 0.05) is 52.4 Å². The zero-order chi connectivity index (χ0) is 37.6. The van der Waals surface area contributed by atoms with Crippen LogP contribution in [0.1, 0.15) is 76.6 Å². The number of rotatable bonds is 3. The standard InChI is InChI=1S/C24H33N3O6.C13H18N2O2/c1-22(2,3)32-20(30)26-18(28)24(27(19(26)29)21(31)33-23(4,5)6)13-12-16-15(14-24)10-9-11-17(16)25(7)8;1-15(2)11-5-3-4-9-8-13(14,12(16)17)7-6-10(9)11/h9-11H,12-14H2,1-8H3;3-5H,6-8,14H2,1-2H3,(H,16,17). The number of benzene rings is 2. The van der Waals surface area contributed by atoms with Crippen molar-refractivity contribution in [2.24, 2.45) is 5.73 Å². The molecule has 5 amide bonds. The number of carboxylic acid groups (broad SMARTS) is 1. The smallest absolute Gasteiger partial charge is 0.425 e. The largest absolute Gasteiger partial charge is 0.480 e. The van der Waals surface area contributed by atoms with E-state index in [1.165, 1.54) is 5.56 Å². The van der Waals surface area contributed by atoms with Crippen molar-refractivity contribution in [3.63, 3.8) is 0 Å². The van der Waals surface area contributed by atoms with Gasteiger partial charge in [0.25, 0.3) is 5.91 Å². The molecule has 13 heteroatoms. The van der Waals surface area contributed by atoms with Crippen molar-refractivity contribution in [3.05, 3.63) is 58.7 Å². The van der Waals surface area contributed by atoms with Crippen LogP contribution in [0.15, 0.2) is 36.4 Å². The van der Waals surface area contributed by atoms with Gasteiger partial charge in [0.15, 0.2) is 0 Å². The molecular formula is C37H51N5O8. The van der Waals surface area contributed by atoms with Crippen LogP contribution in [0.25, 0.3) is 0 Å². The Labute approximate surface area is 294 Å². The lowest BCUT2D eigenvalue weighted by molar-refractivity contribution is -0.143. The summed E-state index contributed by atoms with van der Waals surface area (Å²) in [5, 5.41) is 9.17. The molecule has 1 spiro atoms. The minimum atomic E-state index is -1.56. The van der Waals surface area contributed by atoms with E-state index in [0.29, 0.717) is 24.2 Å². The second-order valence-corrected chi connectivity index (χ2v) is 15.7. The van der Waals surface area contributed by atoms with Crippen LogP contribution < -0.4 is 15.5 Å². The van der Waals surface area contributed by atoms with Gasteiger partial charge in [-0.25, -0.2) is 19.3 Å². The number of nitrogens with two attached hydrogens (primary N) is 1. The molecule has 50 heavy (non-hydrogen) atoms. The number of imide groups is 4. The number of anilines is 2.